The Balaban J connectivity index is 1.43. The Labute approximate surface area is 177 Å². The Bertz CT molecular complexity index is 931. The molecule has 7 nitrogen and oxygen atoms in total. The summed E-state index contributed by atoms with van der Waals surface area (Å²) in [7, 11) is 0. The normalized spacial score (nSPS) is 18.9. The number of phenolic OH excluding ortho intramolecular Hbond substituents is 1. The van der Waals surface area contributed by atoms with Crippen molar-refractivity contribution < 1.29 is 5.11 Å². The minimum absolute atomic E-state index is 0.116. The molecule has 1 aliphatic carbocycles. The van der Waals surface area contributed by atoms with Crippen LogP contribution in [0.3, 0.4) is 0 Å². The van der Waals surface area contributed by atoms with Crippen LogP contribution >= 0.6 is 0 Å². The molecule has 2 aliphatic rings. The van der Waals surface area contributed by atoms with E-state index >= 15 is 0 Å². The number of hydrogen-bond acceptors (Lipinski definition) is 6. The molecule has 160 valence electrons. The molecular weight excluding hydrogens is 376 g/mol. The summed E-state index contributed by atoms with van der Waals surface area (Å²) in [5.74, 6) is 0.922. The molecule has 2 heterocycles. The zero-order valence-electron chi connectivity index (χ0n) is 17.4. The lowest BCUT2D eigenvalue weighted by Crippen LogP contribution is -2.45. The number of benzene rings is 1. The van der Waals surface area contributed by atoms with E-state index in [0.29, 0.717) is 22.8 Å². The van der Waals surface area contributed by atoms with Gasteiger partial charge in [-0.1, -0.05) is 18.6 Å². The van der Waals surface area contributed by atoms with Gasteiger partial charge in [0.25, 0.3) is 0 Å². The third kappa shape index (κ3) is 4.46. The highest BCUT2D eigenvalue weighted by atomic mass is 16.3. The Morgan fingerprint density at radius 2 is 1.83 bits per heavy atom. The van der Waals surface area contributed by atoms with Gasteiger partial charge in [-0.15, -0.1) is 0 Å². The quantitative estimate of drug-likeness (QED) is 0.545. The van der Waals surface area contributed by atoms with Gasteiger partial charge in [-0.25, -0.2) is 0 Å². The second kappa shape index (κ2) is 8.83. The van der Waals surface area contributed by atoms with E-state index in [9.17, 15) is 5.11 Å². The van der Waals surface area contributed by atoms with Gasteiger partial charge in [0, 0.05) is 41.2 Å². The number of nitrogens with two attached hydrogens (primary N) is 3. The topological polar surface area (TPSA) is 119 Å². The van der Waals surface area contributed by atoms with Crippen LogP contribution < -0.4 is 17.2 Å². The number of rotatable bonds is 6. The highest BCUT2D eigenvalue weighted by molar-refractivity contribution is 5.84. The summed E-state index contributed by atoms with van der Waals surface area (Å²) in [6.07, 6.45) is 12.0. The molecule has 1 aromatic heterocycles. The summed E-state index contributed by atoms with van der Waals surface area (Å²) >= 11 is 0. The van der Waals surface area contributed by atoms with Gasteiger partial charge < -0.3 is 27.2 Å². The number of phenols is 1. The van der Waals surface area contributed by atoms with Crippen LogP contribution in [0.1, 0.15) is 43.2 Å². The van der Waals surface area contributed by atoms with Gasteiger partial charge in [-0.3, -0.25) is 4.68 Å². The number of para-hydroxylation sites is 1. The molecule has 0 bridgehead atoms. The Hall–Kier alpha value is -2.93. The van der Waals surface area contributed by atoms with Crippen molar-refractivity contribution in [3.63, 3.8) is 0 Å². The number of aromatic nitrogens is 2. The molecule has 0 amide bonds. The number of allylic oxidation sites excluding steroid dienone is 2. The minimum Gasteiger partial charge on any atom is -0.507 e. The van der Waals surface area contributed by atoms with Crippen molar-refractivity contribution in [2.24, 2.45) is 23.1 Å². The molecule has 1 aromatic carbocycles. The lowest BCUT2D eigenvalue weighted by Gasteiger charge is -2.41. The molecule has 0 radical (unpaired) electrons. The fourth-order valence-electron chi connectivity index (χ4n) is 4.40. The molecule has 1 saturated carbocycles. The molecule has 30 heavy (non-hydrogen) atoms. The predicted molar refractivity (Wildman–Crippen MR) is 120 cm³/mol. The van der Waals surface area contributed by atoms with E-state index in [2.05, 4.69) is 10.00 Å². The molecule has 0 spiro atoms. The van der Waals surface area contributed by atoms with Crippen molar-refractivity contribution in [3.05, 3.63) is 59.7 Å². The van der Waals surface area contributed by atoms with Gasteiger partial charge in [0.1, 0.15) is 11.6 Å². The van der Waals surface area contributed by atoms with Crippen molar-refractivity contribution in [2.75, 3.05) is 13.1 Å². The van der Waals surface area contributed by atoms with Gasteiger partial charge in [0.15, 0.2) is 0 Å². The van der Waals surface area contributed by atoms with E-state index < -0.39 is 0 Å². The molecule has 1 aliphatic heterocycles. The van der Waals surface area contributed by atoms with Gasteiger partial charge in [0.05, 0.1) is 6.20 Å². The van der Waals surface area contributed by atoms with Gasteiger partial charge in [-0.2, -0.15) is 5.10 Å². The Morgan fingerprint density at radius 1 is 1.10 bits per heavy atom. The molecule has 2 fully saturated rings. The number of aromatic hydroxyl groups is 1. The van der Waals surface area contributed by atoms with E-state index in [4.69, 9.17) is 17.2 Å². The largest absolute Gasteiger partial charge is 0.507 e. The van der Waals surface area contributed by atoms with E-state index in [0.717, 1.165) is 18.2 Å². The second-order valence-corrected chi connectivity index (χ2v) is 8.50. The predicted octanol–water partition coefficient (Wildman–Crippen LogP) is 2.44. The van der Waals surface area contributed by atoms with E-state index in [1.807, 2.05) is 16.9 Å². The van der Waals surface area contributed by atoms with Crippen LogP contribution in [-0.2, 0) is 6.54 Å². The molecule has 1 saturated heterocycles. The fraction of sp³-hybridized carbons (Fsp3) is 0.435. The van der Waals surface area contributed by atoms with E-state index in [1.165, 1.54) is 45.2 Å². The third-order valence-electron chi connectivity index (χ3n) is 6.46. The number of hydrogen-bond donors (Lipinski definition) is 4. The van der Waals surface area contributed by atoms with E-state index in [-0.39, 0.29) is 11.6 Å². The zero-order valence-corrected chi connectivity index (χ0v) is 17.4. The first-order chi connectivity index (χ1) is 14.5. The molecule has 0 unspecified atom stereocenters. The summed E-state index contributed by atoms with van der Waals surface area (Å²) in [5, 5.41) is 14.6. The van der Waals surface area contributed by atoms with Crippen LogP contribution in [0.4, 0.5) is 0 Å². The lowest BCUT2D eigenvalue weighted by atomic mass is 9.88. The second-order valence-electron chi connectivity index (χ2n) is 8.50. The molecular formula is C23H32N6O. The van der Waals surface area contributed by atoms with E-state index in [1.54, 1.807) is 30.5 Å². The third-order valence-corrected chi connectivity index (χ3v) is 6.46. The molecule has 7 heteroatoms. The smallest absolute Gasteiger partial charge is 0.124 e. The molecule has 7 N–H and O–H groups in total. The first-order valence-corrected chi connectivity index (χ1v) is 10.8. The Kier molecular flexibility index (Phi) is 5.99. The number of likely N-dealkylation sites (tertiary alicyclic amines) is 1. The van der Waals surface area contributed by atoms with Crippen molar-refractivity contribution >= 4 is 11.3 Å². The lowest BCUT2D eigenvalue weighted by molar-refractivity contribution is 0.0798. The van der Waals surface area contributed by atoms with Gasteiger partial charge in [0.2, 0.25) is 0 Å². The summed E-state index contributed by atoms with van der Waals surface area (Å²) in [5.41, 5.74) is 20.5. The summed E-state index contributed by atoms with van der Waals surface area (Å²) in [4.78, 5) is 2.66. The first-order valence-electron chi connectivity index (χ1n) is 10.8. The van der Waals surface area contributed by atoms with Crippen LogP contribution in [0.15, 0.2) is 48.6 Å². The van der Waals surface area contributed by atoms with Crippen LogP contribution in [0.2, 0.25) is 0 Å². The fourth-order valence-corrected chi connectivity index (χ4v) is 4.40. The summed E-state index contributed by atoms with van der Waals surface area (Å²) in [6, 6.07) is 7.76. The summed E-state index contributed by atoms with van der Waals surface area (Å²) < 4.78 is 1.98. The maximum Gasteiger partial charge on any atom is 0.124 e. The van der Waals surface area contributed by atoms with Gasteiger partial charge >= 0.3 is 0 Å². The van der Waals surface area contributed by atoms with Crippen LogP contribution in [-0.4, -0.2) is 38.9 Å². The SMILES string of the molecule is NC(N)=C(/C=C(\N)c1ccccc1O)c1cnn(CC2CCN(C3CCC3)CC2)c1. The highest BCUT2D eigenvalue weighted by Gasteiger charge is 2.28. The standard InChI is InChI=1S/C23H32N6O/c24-21(19-6-1-2-7-22(19)30)12-20(23(25)26)17-13-27-29(15-17)14-16-8-10-28(11-9-16)18-4-3-5-18/h1-2,6-7,12-13,15-16,18,30H,3-5,8-11,14,24-26H2/b21-12-. The summed E-state index contributed by atoms with van der Waals surface area (Å²) in [6.45, 7) is 3.29. The van der Waals surface area contributed by atoms with Gasteiger partial charge in [-0.05, 0) is 62.9 Å². The number of piperidine rings is 1. The molecule has 0 atom stereocenters. The first kappa shape index (κ1) is 20.3. The van der Waals surface area contributed by atoms with Crippen molar-refractivity contribution in [3.8, 4) is 5.75 Å². The van der Waals surface area contributed by atoms with Crippen LogP contribution in [0.5, 0.6) is 5.75 Å². The zero-order chi connectivity index (χ0) is 21.1. The van der Waals surface area contributed by atoms with Crippen molar-refractivity contribution in [2.45, 2.75) is 44.7 Å². The Morgan fingerprint density at radius 3 is 2.47 bits per heavy atom. The number of nitrogens with zero attached hydrogens (tertiary/aromatic N) is 3. The molecule has 4 rings (SSSR count). The van der Waals surface area contributed by atoms with Crippen LogP contribution in [0.25, 0.3) is 11.3 Å². The monoisotopic (exact) mass is 408 g/mol. The average molecular weight is 409 g/mol. The maximum absolute atomic E-state index is 10.0. The van der Waals surface area contributed by atoms with Crippen molar-refractivity contribution in [1.82, 2.24) is 14.7 Å². The average Bonchev–Trinajstić information content (AvgIpc) is 3.14. The van der Waals surface area contributed by atoms with Crippen molar-refractivity contribution in [1.29, 1.82) is 0 Å². The maximum atomic E-state index is 10.0. The van der Waals surface area contributed by atoms with Crippen LogP contribution in [0, 0.1) is 5.92 Å². The molecule has 2 aromatic rings. The minimum atomic E-state index is 0.116. The highest BCUT2D eigenvalue weighted by Crippen LogP contribution is 2.30.